The Bertz CT molecular complexity index is 916. The number of ether oxygens (including phenoxy) is 1. The summed E-state index contributed by atoms with van der Waals surface area (Å²) in [6, 6.07) is 1.31. The van der Waals surface area contributed by atoms with Crippen molar-refractivity contribution in [2.75, 3.05) is 12.3 Å². The maximum absolute atomic E-state index is 11.8. The van der Waals surface area contributed by atoms with E-state index >= 15 is 0 Å². The molecule has 2 rings (SSSR count). The average Bonchev–Trinajstić information content (AvgIpc) is 2.82. The summed E-state index contributed by atoms with van der Waals surface area (Å²) in [4.78, 5) is 42.5. The molecule has 0 spiro atoms. The highest BCUT2D eigenvalue weighted by Crippen LogP contribution is 2.65. The predicted molar refractivity (Wildman–Crippen MR) is 89.2 cm³/mol. The van der Waals surface area contributed by atoms with Gasteiger partial charge in [-0.1, -0.05) is 0 Å². The number of aliphatic hydroxyl groups excluding tert-OH is 1. The third-order valence-corrected chi connectivity index (χ3v) is 7.08. The van der Waals surface area contributed by atoms with Crippen LogP contribution < -0.4 is 16.9 Å². The number of hydrogen-bond donors (Lipinski definition) is 6. The summed E-state index contributed by atoms with van der Waals surface area (Å²) in [5.41, 5.74) is 9.10. The Labute approximate surface area is 156 Å². The average molecular weight is 466 g/mol. The lowest BCUT2D eigenvalue weighted by Gasteiger charge is -2.19. The van der Waals surface area contributed by atoms with Gasteiger partial charge in [0.2, 0.25) is 0 Å². The number of phosphoric ester groups is 1. The standard InChI is InChI=1S/C9H17N4O12P3/c10-7-1-2-13(9(15)12-7)8-3-5(14)6(23-8)4-22-27(18,19)25-28(20,21)24-26(11,16)17/h1-2,5-6,8,14H,3-4H2,(H,18,19)(H,20,21)(H2,10,12,15)(H3,11,16,17)/t5-,6+,8+/m0/s1. The van der Waals surface area contributed by atoms with Crippen LogP contribution in [0.25, 0.3) is 0 Å². The van der Waals surface area contributed by atoms with Gasteiger partial charge in [0, 0.05) is 12.6 Å². The summed E-state index contributed by atoms with van der Waals surface area (Å²) in [6.07, 6.45) is -2.33. The van der Waals surface area contributed by atoms with Gasteiger partial charge in [-0.3, -0.25) is 9.09 Å². The van der Waals surface area contributed by atoms with Gasteiger partial charge in [-0.2, -0.15) is 13.6 Å². The number of rotatable bonds is 8. The van der Waals surface area contributed by atoms with Crippen LogP contribution in [0.2, 0.25) is 0 Å². The van der Waals surface area contributed by atoms with Crippen molar-refractivity contribution < 1.29 is 51.4 Å². The summed E-state index contributed by atoms with van der Waals surface area (Å²) >= 11 is 0. The van der Waals surface area contributed by atoms with Crippen LogP contribution >= 0.6 is 23.4 Å². The fourth-order valence-corrected chi connectivity index (χ4v) is 5.30. The molecule has 1 aliphatic rings. The van der Waals surface area contributed by atoms with Gasteiger partial charge < -0.3 is 30.3 Å². The zero-order valence-corrected chi connectivity index (χ0v) is 16.4. The lowest BCUT2D eigenvalue weighted by atomic mass is 10.2. The molecule has 0 aliphatic carbocycles. The molecule has 3 unspecified atom stereocenters. The van der Waals surface area contributed by atoms with Gasteiger partial charge in [-0.25, -0.2) is 24.0 Å². The predicted octanol–water partition coefficient (Wildman–Crippen LogP) is -1.22. The zero-order valence-electron chi connectivity index (χ0n) is 13.7. The molecular formula is C9H17N4O12P3. The summed E-state index contributed by atoms with van der Waals surface area (Å²) in [7, 11) is -15.8. The molecule has 19 heteroatoms. The first-order chi connectivity index (χ1) is 12.7. The van der Waals surface area contributed by atoms with Gasteiger partial charge >= 0.3 is 29.1 Å². The number of aromatic nitrogens is 2. The Morgan fingerprint density at radius 2 is 1.89 bits per heavy atom. The molecule has 0 saturated carbocycles. The van der Waals surface area contributed by atoms with Crippen LogP contribution in [0.15, 0.2) is 17.1 Å². The van der Waals surface area contributed by atoms with Crippen LogP contribution in [0, 0.1) is 0 Å². The molecule has 28 heavy (non-hydrogen) atoms. The Morgan fingerprint density at radius 1 is 1.25 bits per heavy atom. The molecule has 16 nitrogen and oxygen atoms in total. The van der Waals surface area contributed by atoms with E-state index in [4.69, 9.17) is 20.3 Å². The normalized spacial score (nSPS) is 29.0. The molecule has 1 saturated heterocycles. The van der Waals surface area contributed by atoms with E-state index < -0.39 is 54.1 Å². The number of hydrogen-bond acceptors (Lipinski definition) is 11. The highest BCUT2D eigenvalue weighted by molar-refractivity contribution is 7.67. The topological polar surface area (TPSA) is 256 Å². The van der Waals surface area contributed by atoms with E-state index in [1.807, 2.05) is 0 Å². The van der Waals surface area contributed by atoms with Gasteiger partial charge in [-0.15, -0.1) is 0 Å². The summed E-state index contributed by atoms with van der Waals surface area (Å²) < 4.78 is 51.9. The van der Waals surface area contributed by atoms with Gasteiger partial charge in [0.1, 0.15) is 18.1 Å². The van der Waals surface area contributed by atoms with Crippen LogP contribution in [-0.4, -0.2) is 48.2 Å². The first kappa shape index (κ1) is 23.3. The summed E-state index contributed by atoms with van der Waals surface area (Å²) in [6.45, 7) is -0.817. The fourth-order valence-electron chi connectivity index (χ4n) is 2.17. The van der Waals surface area contributed by atoms with Gasteiger partial charge in [0.25, 0.3) is 0 Å². The number of anilines is 1. The molecule has 0 aromatic carbocycles. The minimum Gasteiger partial charge on any atom is -0.390 e. The van der Waals surface area contributed by atoms with Gasteiger partial charge in [-0.05, 0) is 6.07 Å². The van der Waals surface area contributed by atoms with Crippen LogP contribution in [0.3, 0.4) is 0 Å². The maximum atomic E-state index is 11.8. The molecule has 2 heterocycles. The minimum atomic E-state index is -5.53. The second-order valence-electron chi connectivity index (χ2n) is 5.43. The molecule has 1 fully saturated rings. The van der Waals surface area contributed by atoms with E-state index in [1.165, 1.54) is 12.3 Å². The largest absolute Gasteiger partial charge is 0.489 e. The Hall–Kier alpha value is -0.990. The third-order valence-electron chi connectivity index (χ3n) is 3.19. The van der Waals surface area contributed by atoms with Gasteiger partial charge in [0.05, 0.1) is 12.7 Å². The van der Waals surface area contributed by atoms with Crippen molar-refractivity contribution in [1.29, 1.82) is 0 Å². The molecule has 8 N–H and O–H groups in total. The molecule has 1 aliphatic heterocycles. The number of nitrogens with two attached hydrogens (primary N) is 2. The van der Waals surface area contributed by atoms with E-state index in [-0.39, 0.29) is 12.2 Å². The summed E-state index contributed by atoms with van der Waals surface area (Å²) in [5.74, 6) is -0.0291. The highest BCUT2D eigenvalue weighted by Gasteiger charge is 2.42. The first-order valence-corrected chi connectivity index (χ1v) is 11.8. The minimum absolute atomic E-state index is 0.0291. The van der Waals surface area contributed by atoms with E-state index in [9.17, 15) is 28.5 Å². The SMILES string of the molecule is Nc1ccn([C@H]2C[C@H](O)[C@@H](COP(=O)(O)OP(=O)(O)OP(N)(=O)O)O2)c(=O)n1. The van der Waals surface area contributed by atoms with Gasteiger partial charge in [0.15, 0.2) is 0 Å². The van der Waals surface area contributed by atoms with Crippen LogP contribution in [0.1, 0.15) is 12.6 Å². The van der Waals surface area contributed by atoms with Crippen molar-refractivity contribution in [2.45, 2.75) is 24.9 Å². The van der Waals surface area contributed by atoms with Crippen LogP contribution in [-0.2, 0) is 31.6 Å². The number of phosphoric acid groups is 2. The number of aliphatic hydroxyl groups is 1. The van der Waals surface area contributed by atoms with Crippen LogP contribution in [0.5, 0.6) is 0 Å². The number of nitrogens with zero attached hydrogens (tertiary/aromatic N) is 2. The maximum Gasteiger partial charge on any atom is 0.489 e. The van der Waals surface area contributed by atoms with E-state index in [0.29, 0.717) is 0 Å². The molecule has 1 aromatic rings. The van der Waals surface area contributed by atoms with Crippen molar-refractivity contribution in [3.05, 3.63) is 22.7 Å². The van der Waals surface area contributed by atoms with Crippen molar-refractivity contribution in [3.63, 3.8) is 0 Å². The molecule has 0 bridgehead atoms. The Morgan fingerprint density at radius 3 is 2.46 bits per heavy atom. The number of nitrogen functional groups attached to an aromatic ring is 1. The Balaban J connectivity index is 1.98. The molecule has 1 aromatic heterocycles. The molecule has 0 amide bonds. The molecule has 160 valence electrons. The fraction of sp³-hybridized carbons (Fsp3) is 0.556. The van der Waals surface area contributed by atoms with Crippen molar-refractivity contribution >= 4 is 29.2 Å². The molecular weight excluding hydrogens is 449 g/mol. The van der Waals surface area contributed by atoms with E-state index in [1.54, 1.807) is 0 Å². The van der Waals surface area contributed by atoms with E-state index in [0.717, 1.165) is 4.57 Å². The lowest BCUT2D eigenvalue weighted by molar-refractivity contribution is -0.0449. The smallest absolute Gasteiger partial charge is 0.390 e. The Kier molecular flexibility index (Phi) is 6.99. The lowest BCUT2D eigenvalue weighted by Crippen LogP contribution is -2.28. The highest BCUT2D eigenvalue weighted by atomic mass is 31.3. The first-order valence-electron chi connectivity index (χ1n) is 7.20. The second-order valence-corrected chi connectivity index (χ2v) is 10.0. The zero-order chi connectivity index (χ0) is 21.3. The third kappa shape index (κ3) is 6.81. The van der Waals surface area contributed by atoms with Crippen LogP contribution in [0.4, 0.5) is 5.82 Å². The van der Waals surface area contributed by atoms with Crippen molar-refractivity contribution in [3.8, 4) is 0 Å². The van der Waals surface area contributed by atoms with Crippen molar-refractivity contribution in [1.82, 2.24) is 9.55 Å². The quantitative estimate of drug-likeness (QED) is 0.245. The van der Waals surface area contributed by atoms with Crippen molar-refractivity contribution in [2.24, 2.45) is 5.50 Å². The second kappa shape index (κ2) is 8.40. The molecule has 0 radical (unpaired) electrons. The van der Waals surface area contributed by atoms with E-state index in [2.05, 4.69) is 23.6 Å². The summed E-state index contributed by atoms with van der Waals surface area (Å²) in [5, 5.41) is 9.96. The monoisotopic (exact) mass is 466 g/mol. The molecule has 6 atom stereocenters.